The number of anilines is 1. The van der Waals surface area contributed by atoms with Crippen molar-refractivity contribution in [3.05, 3.63) is 29.8 Å². The van der Waals surface area contributed by atoms with Crippen LogP contribution in [-0.4, -0.2) is 49.3 Å². The third-order valence-corrected chi connectivity index (χ3v) is 3.64. The van der Waals surface area contributed by atoms with Crippen molar-refractivity contribution in [1.29, 1.82) is 5.26 Å². The van der Waals surface area contributed by atoms with E-state index in [2.05, 4.69) is 29.8 Å². The zero-order chi connectivity index (χ0) is 13.8. The van der Waals surface area contributed by atoms with Gasteiger partial charge in [0.2, 0.25) is 0 Å². The van der Waals surface area contributed by atoms with Gasteiger partial charge in [0, 0.05) is 19.6 Å². The summed E-state index contributed by atoms with van der Waals surface area (Å²) >= 11 is 0. The van der Waals surface area contributed by atoms with E-state index in [0.29, 0.717) is 11.5 Å². The first kappa shape index (κ1) is 13.9. The number of aliphatic hydroxyl groups is 1. The summed E-state index contributed by atoms with van der Waals surface area (Å²) in [5, 5.41) is 18.9. The zero-order valence-electron chi connectivity index (χ0n) is 11.6. The Morgan fingerprint density at radius 1 is 1.32 bits per heavy atom. The lowest BCUT2D eigenvalue weighted by molar-refractivity contribution is 0.226. The summed E-state index contributed by atoms with van der Waals surface area (Å²) < 4.78 is 0. The molecule has 2 unspecified atom stereocenters. The Balaban J connectivity index is 2.36. The van der Waals surface area contributed by atoms with E-state index in [9.17, 15) is 10.4 Å². The van der Waals surface area contributed by atoms with Gasteiger partial charge in [-0.3, -0.25) is 0 Å². The number of para-hydroxylation sites is 1. The zero-order valence-corrected chi connectivity index (χ0v) is 11.6. The maximum Gasteiger partial charge on any atom is 0.101 e. The standard InChI is InChI=1S/C15H21N3O/c1-12-8-17(2)10-14(11-19)18(9-12)15-6-4-3-5-13(15)7-16/h3-6,12,14,19H,8-11H2,1-2H3. The second-order valence-electron chi connectivity index (χ2n) is 5.44. The minimum atomic E-state index is 0.0458. The molecule has 1 aromatic rings. The number of nitrogens with zero attached hydrogens (tertiary/aromatic N) is 3. The predicted octanol–water partition coefficient (Wildman–Crippen LogP) is 1.31. The Labute approximate surface area is 114 Å². The van der Waals surface area contributed by atoms with Gasteiger partial charge in [-0.25, -0.2) is 0 Å². The summed E-state index contributed by atoms with van der Waals surface area (Å²) in [5.74, 6) is 0.508. The number of hydrogen-bond acceptors (Lipinski definition) is 4. The number of benzene rings is 1. The van der Waals surface area contributed by atoms with E-state index in [4.69, 9.17) is 0 Å². The molecule has 2 rings (SSSR count). The Hall–Kier alpha value is -1.57. The number of nitriles is 1. The first-order valence-corrected chi connectivity index (χ1v) is 6.71. The fourth-order valence-electron chi connectivity index (χ4n) is 2.88. The highest BCUT2D eigenvalue weighted by Crippen LogP contribution is 2.25. The van der Waals surface area contributed by atoms with Gasteiger partial charge in [-0.1, -0.05) is 19.1 Å². The van der Waals surface area contributed by atoms with Crippen LogP contribution in [0.2, 0.25) is 0 Å². The van der Waals surface area contributed by atoms with E-state index >= 15 is 0 Å². The van der Waals surface area contributed by atoms with Crippen LogP contribution in [-0.2, 0) is 0 Å². The molecule has 4 heteroatoms. The smallest absolute Gasteiger partial charge is 0.101 e. The minimum Gasteiger partial charge on any atom is -0.394 e. The Bertz CT molecular complexity index is 469. The van der Waals surface area contributed by atoms with E-state index < -0.39 is 0 Å². The van der Waals surface area contributed by atoms with Crippen LogP contribution in [0.3, 0.4) is 0 Å². The van der Waals surface area contributed by atoms with Gasteiger partial charge < -0.3 is 14.9 Å². The number of aliphatic hydroxyl groups excluding tert-OH is 1. The molecule has 1 aliphatic heterocycles. The summed E-state index contributed by atoms with van der Waals surface area (Å²) in [6.45, 7) is 5.02. The lowest BCUT2D eigenvalue weighted by Gasteiger charge is -2.32. The lowest BCUT2D eigenvalue weighted by atomic mass is 10.1. The second-order valence-corrected chi connectivity index (χ2v) is 5.44. The monoisotopic (exact) mass is 259 g/mol. The first-order chi connectivity index (χ1) is 9.15. The summed E-state index contributed by atoms with van der Waals surface area (Å²) in [6.07, 6.45) is 0. The number of rotatable bonds is 2. The van der Waals surface area contributed by atoms with Crippen molar-refractivity contribution in [2.24, 2.45) is 5.92 Å². The molecule has 0 amide bonds. The molecule has 0 aromatic heterocycles. The second kappa shape index (κ2) is 6.05. The predicted molar refractivity (Wildman–Crippen MR) is 76.0 cm³/mol. The van der Waals surface area contributed by atoms with Crippen molar-refractivity contribution < 1.29 is 5.11 Å². The van der Waals surface area contributed by atoms with E-state index in [1.165, 1.54) is 0 Å². The topological polar surface area (TPSA) is 50.5 Å². The molecule has 1 aliphatic rings. The van der Waals surface area contributed by atoms with Gasteiger partial charge in [0.05, 0.1) is 23.9 Å². The summed E-state index contributed by atoms with van der Waals surface area (Å²) in [7, 11) is 2.08. The van der Waals surface area contributed by atoms with Gasteiger partial charge in [-0.05, 0) is 25.1 Å². The average molecular weight is 259 g/mol. The van der Waals surface area contributed by atoms with Gasteiger partial charge in [-0.2, -0.15) is 5.26 Å². The Morgan fingerprint density at radius 3 is 2.74 bits per heavy atom. The van der Waals surface area contributed by atoms with Gasteiger partial charge in [0.15, 0.2) is 0 Å². The van der Waals surface area contributed by atoms with Gasteiger partial charge in [0.25, 0.3) is 0 Å². The Morgan fingerprint density at radius 2 is 2.05 bits per heavy atom. The first-order valence-electron chi connectivity index (χ1n) is 6.71. The molecule has 0 aliphatic carbocycles. The van der Waals surface area contributed by atoms with Gasteiger partial charge >= 0.3 is 0 Å². The van der Waals surface area contributed by atoms with Crippen molar-refractivity contribution in [1.82, 2.24) is 4.90 Å². The van der Waals surface area contributed by atoms with Crippen molar-refractivity contribution in [3.63, 3.8) is 0 Å². The normalized spacial score (nSPS) is 24.8. The minimum absolute atomic E-state index is 0.0458. The molecule has 0 saturated carbocycles. The number of likely N-dealkylation sites (N-methyl/N-ethyl adjacent to an activating group) is 1. The third-order valence-electron chi connectivity index (χ3n) is 3.64. The third kappa shape index (κ3) is 3.06. The maximum absolute atomic E-state index is 9.66. The number of hydrogen-bond donors (Lipinski definition) is 1. The van der Waals surface area contributed by atoms with Crippen LogP contribution in [0.1, 0.15) is 12.5 Å². The SMILES string of the molecule is CC1CN(C)CC(CO)N(c2ccccc2C#N)C1. The highest BCUT2D eigenvalue weighted by atomic mass is 16.3. The molecular weight excluding hydrogens is 238 g/mol. The molecule has 2 atom stereocenters. The molecule has 0 bridgehead atoms. The van der Waals surface area contributed by atoms with Crippen molar-refractivity contribution in [3.8, 4) is 6.07 Å². The van der Waals surface area contributed by atoms with E-state index in [1.807, 2.05) is 24.3 Å². The van der Waals surface area contributed by atoms with Crippen LogP contribution in [0.15, 0.2) is 24.3 Å². The highest BCUT2D eigenvalue weighted by Gasteiger charge is 2.27. The fraction of sp³-hybridized carbons (Fsp3) is 0.533. The van der Waals surface area contributed by atoms with Gasteiger partial charge in [0.1, 0.15) is 6.07 Å². The quantitative estimate of drug-likeness (QED) is 0.870. The van der Waals surface area contributed by atoms with Crippen LogP contribution in [0.25, 0.3) is 0 Å². The molecule has 1 heterocycles. The molecule has 1 N–H and O–H groups in total. The molecule has 1 saturated heterocycles. The molecule has 1 aromatic carbocycles. The van der Waals surface area contributed by atoms with E-state index in [0.717, 1.165) is 25.3 Å². The molecule has 1 fully saturated rings. The highest BCUT2D eigenvalue weighted by molar-refractivity contribution is 5.60. The van der Waals surface area contributed by atoms with Crippen LogP contribution in [0.5, 0.6) is 0 Å². The van der Waals surface area contributed by atoms with Crippen LogP contribution >= 0.6 is 0 Å². The lowest BCUT2D eigenvalue weighted by Crippen LogP contribution is -2.43. The molecular formula is C15H21N3O. The average Bonchev–Trinajstić information content (AvgIpc) is 2.56. The molecule has 102 valence electrons. The summed E-state index contributed by atoms with van der Waals surface area (Å²) in [6, 6.07) is 9.93. The van der Waals surface area contributed by atoms with Crippen LogP contribution in [0.4, 0.5) is 5.69 Å². The van der Waals surface area contributed by atoms with Gasteiger partial charge in [-0.15, -0.1) is 0 Å². The Kier molecular flexibility index (Phi) is 4.41. The largest absolute Gasteiger partial charge is 0.394 e. The van der Waals surface area contributed by atoms with E-state index in [-0.39, 0.29) is 12.6 Å². The van der Waals surface area contributed by atoms with Crippen LogP contribution in [0, 0.1) is 17.2 Å². The van der Waals surface area contributed by atoms with Crippen molar-refractivity contribution in [2.45, 2.75) is 13.0 Å². The van der Waals surface area contributed by atoms with Crippen LogP contribution < -0.4 is 4.90 Å². The fourth-order valence-corrected chi connectivity index (χ4v) is 2.88. The maximum atomic E-state index is 9.66. The van der Waals surface area contributed by atoms with E-state index in [1.54, 1.807) is 0 Å². The molecule has 0 radical (unpaired) electrons. The molecule has 4 nitrogen and oxygen atoms in total. The summed E-state index contributed by atoms with van der Waals surface area (Å²) in [5.41, 5.74) is 1.61. The van der Waals surface area contributed by atoms with Crippen molar-refractivity contribution in [2.75, 3.05) is 38.2 Å². The summed E-state index contributed by atoms with van der Waals surface area (Å²) in [4.78, 5) is 4.44. The molecule has 0 spiro atoms. The molecule has 19 heavy (non-hydrogen) atoms. The van der Waals surface area contributed by atoms with Crippen molar-refractivity contribution >= 4 is 5.69 Å².